The Hall–Kier alpha value is -1.73. The first-order valence-corrected chi connectivity index (χ1v) is 8.69. The van der Waals surface area contributed by atoms with Crippen LogP contribution in [0.25, 0.3) is 10.9 Å². The third-order valence-electron chi connectivity index (χ3n) is 4.06. The first kappa shape index (κ1) is 14.2. The molecule has 0 unspecified atom stereocenters. The van der Waals surface area contributed by atoms with E-state index in [9.17, 15) is 5.26 Å². The summed E-state index contributed by atoms with van der Waals surface area (Å²) >= 11 is 1.56. The van der Waals surface area contributed by atoms with E-state index in [1.165, 1.54) is 25.7 Å². The number of aromatic nitrogens is 1. The molecule has 1 aliphatic rings. The summed E-state index contributed by atoms with van der Waals surface area (Å²) < 4.78 is 0. The Bertz CT molecular complexity index is 682. The van der Waals surface area contributed by atoms with Crippen molar-refractivity contribution in [3.05, 3.63) is 29.8 Å². The molecule has 1 aromatic heterocycles. The van der Waals surface area contributed by atoms with Crippen molar-refractivity contribution < 1.29 is 0 Å². The molecule has 0 aliphatic carbocycles. The van der Waals surface area contributed by atoms with Crippen molar-refractivity contribution in [2.24, 2.45) is 0 Å². The van der Waals surface area contributed by atoms with Crippen LogP contribution in [0.2, 0.25) is 0 Å². The van der Waals surface area contributed by atoms with Crippen LogP contribution in [0.5, 0.6) is 0 Å². The van der Waals surface area contributed by atoms with E-state index in [1.54, 1.807) is 11.8 Å². The molecule has 21 heavy (non-hydrogen) atoms. The van der Waals surface area contributed by atoms with E-state index in [0.717, 1.165) is 40.3 Å². The van der Waals surface area contributed by atoms with Crippen LogP contribution < -0.4 is 4.90 Å². The van der Waals surface area contributed by atoms with Gasteiger partial charge in [-0.15, -0.1) is 11.8 Å². The summed E-state index contributed by atoms with van der Waals surface area (Å²) in [4.78, 5) is 7.06. The Morgan fingerprint density at radius 2 is 1.86 bits per heavy atom. The molecule has 3 rings (SSSR count). The number of benzene rings is 1. The fraction of sp³-hybridized carbons (Fsp3) is 0.412. The summed E-state index contributed by atoms with van der Waals surface area (Å²) in [5.74, 6) is 0. The third kappa shape index (κ3) is 2.71. The maximum atomic E-state index is 9.66. The van der Waals surface area contributed by atoms with Gasteiger partial charge in [-0.2, -0.15) is 5.26 Å². The van der Waals surface area contributed by atoms with Gasteiger partial charge in [0.15, 0.2) is 0 Å². The maximum absolute atomic E-state index is 9.66. The summed E-state index contributed by atoms with van der Waals surface area (Å²) in [6.45, 7) is 2.08. The van der Waals surface area contributed by atoms with Crippen molar-refractivity contribution in [1.29, 1.82) is 5.26 Å². The predicted octanol–water partition coefficient (Wildman–Crippen LogP) is 4.21. The van der Waals surface area contributed by atoms with Crippen LogP contribution in [-0.2, 0) is 0 Å². The van der Waals surface area contributed by atoms with Crippen LogP contribution in [0.15, 0.2) is 29.3 Å². The quantitative estimate of drug-likeness (QED) is 0.779. The number of pyridine rings is 1. The molecule has 0 bridgehead atoms. The zero-order valence-corrected chi connectivity index (χ0v) is 13.1. The van der Waals surface area contributed by atoms with Crippen molar-refractivity contribution in [3.8, 4) is 6.07 Å². The van der Waals surface area contributed by atoms with Gasteiger partial charge in [0.2, 0.25) is 0 Å². The van der Waals surface area contributed by atoms with E-state index in [-0.39, 0.29) is 0 Å². The van der Waals surface area contributed by atoms with Gasteiger partial charge >= 0.3 is 0 Å². The maximum Gasteiger partial charge on any atom is 0.116 e. The highest BCUT2D eigenvalue weighted by Crippen LogP contribution is 2.35. The lowest BCUT2D eigenvalue weighted by molar-refractivity contribution is 0.726. The molecule has 1 aliphatic heterocycles. The molecule has 1 saturated heterocycles. The number of fused-ring (bicyclic) bond motifs is 1. The van der Waals surface area contributed by atoms with E-state index in [4.69, 9.17) is 0 Å². The van der Waals surface area contributed by atoms with Gasteiger partial charge in [0.1, 0.15) is 16.7 Å². The van der Waals surface area contributed by atoms with E-state index in [0.29, 0.717) is 0 Å². The van der Waals surface area contributed by atoms with Gasteiger partial charge < -0.3 is 4.90 Å². The minimum atomic E-state index is 0.739. The zero-order valence-electron chi connectivity index (χ0n) is 12.3. The lowest BCUT2D eigenvalue weighted by Crippen LogP contribution is -2.25. The van der Waals surface area contributed by atoms with Crippen molar-refractivity contribution in [2.75, 3.05) is 24.2 Å². The monoisotopic (exact) mass is 297 g/mol. The molecular weight excluding hydrogens is 278 g/mol. The predicted molar refractivity (Wildman–Crippen MR) is 88.9 cm³/mol. The number of rotatable bonds is 2. The average molecular weight is 297 g/mol. The number of nitriles is 1. The first-order valence-electron chi connectivity index (χ1n) is 7.47. The number of anilines is 1. The molecular formula is C17H19N3S. The Morgan fingerprint density at radius 3 is 2.52 bits per heavy atom. The van der Waals surface area contributed by atoms with Crippen molar-refractivity contribution in [3.63, 3.8) is 0 Å². The summed E-state index contributed by atoms with van der Waals surface area (Å²) in [7, 11) is 0. The van der Waals surface area contributed by atoms with Gasteiger partial charge in [-0.3, -0.25) is 0 Å². The zero-order chi connectivity index (χ0) is 14.7. The van der Waals surface area contributed by atoms with Gasteiger partial charge in [-0.1, -0.05) is 31.0 Å². The molecule has 0 N–H and O–H groups in total. The van der Waals surface area contributed by atoms with Crippen molar-refractivity contribution in [2.45, 2.75) is 30.7 Å². The summed E-state index contributed by atoms with van der Waals surface area (Å²) in [6, 6.07) is 10.6. The number of hydrogen-bond acceptors (Lipinski definition) is 4. The highest BCUT2D eigenvalue weighted by atomic mass is 32.2. The van der Waals surface area contributed by atoms with Crippen LogP contribution in [-0.4, -0.2) is 24.3 Å². The molecule has 4 heteroatoms. The average Bonchev–Trinajstić information content (AvgIpc) is 2.81. The first-order chi connectivity index (χ1) is 10.3. The number of para-hydroxylation sites is 1. The van der Waals surface area contributed by atoms with E-state index < -0.39 is 0 Å². The SMILES string of the molecule is CSc1nc2ccccc2c(N2CCCCCC2)c1C#N. The van der Waals surface area contributed by atoms with Gasteiger partial charge in [0.25, 0.3) is 0 Å². The van der Waals surface area contributed by atoms with Crippen LogP contribution in [0.4, 0.5) is 5.69 Å². The molecule has 0 amide bonds. The van der Waals surface area contributed by atoms with E-state index >= 15 is 0 Å². The van der Waals surface area contributed by atoms with E-state index in [1.807, 2.05) is 24.5 Å². The Morgan fingerprint density at radius 1 is 1.14 bits per heavy atom. The lowest BCUT2D eigenvalue weighted by atomic mass is 10.1. The van der Waals surface area contributed by atoms with Crippen molar-refractivity contribution >= 4 is 28.4 Å². The summed E-state index contributed by atoms with van der Waals surface area (Å²) in [5.41, 5.74) is 2.82. The molecule has 1 aromatic carbocycles. The minimum Gasteiger partial charge on any atom is -0.370 e. The molecule has 108 valence electrons. The second-order valence-corrected chi connectivity index (χ2v) is 6.17. The lowest BCUT2D eigenvalue weighted by Gasteiger charge is -2.26. The van der Waals surface area contributed by atoms with Crippen LogP contribution in [0.3, 0.4) is 0 Å². The van der Waals surface area contributed by atoms with Crippen molar-refractivity contribution in [1.82, 2.24) is 4.98 Å². The molecule has 0 atom stereocenters. The fourth-order valence-electron chi connectivity index (χ4n) is 3.04. The number of thioether (sulfide) groups is 1. The molecule has 0 spiro atoms. The van der Waals surface area contributed by atoms with Gasteiger partial charge in [0.05, 0.1) is 11.2 Å². The molecule has 3 nitrogen and oxygen atoms in total. The Kier molecular flexibility index (Phi) is 4.31. The van der Waals surface area contributed by atoms with Crippen LogP contribution in [0, 0.1) is 11.3 Å². The standard InChI is InChI=1S/C17H19N3S/c1-21-17-14(12-18)16(20-10-6-2-3-7-11-20)13-8-4-5-9-15(13)19-17/h4-5,8-9H,2-3,6-7,10-11H2,1H3. The largest absolute Gasteiger partial charge is 0.370 e. The summed E-state index contributed by atoms with van der Waals surface area (Å²) in [6.07, 6.45) is 6.98. The van der Waals surface area contributed by atoms with Gasteiger partial charge in [0, 0.05) is 18.5 Å². The normalized spacial score (nSPS) is 15.7. The molecule has 2 aromatic rings. The second kappa shape index (κ2) is 6.36. The summed E-state index contributed by atoms with van der Waals surface area (Å²) in [5, 5.41) is 11.6. The highest BCUT2D eigenvalue weighted by Gasteiger charge is 2.20. The topological polar surface area (TPSA) is 39.9 Å². The van der Waals surface area contributed by atoms with Crippen LogP contribution in [0.1, 0.15) is 31.2 Å². The highest BCUT2D eigenvalue weighted by molar-refractivity contribution is 7.98. The van der Waals surface area contributed by atoms with E-state index in [2.05, 4.69) is 22.0 Å². The smallest absolute Gasteiger partial charge is 0.116 e. The van der Waals surface area contributed by atoms with Gasteiger partial charge in [-0.25, -0.2) is 4.98 Å². The number of hydrogen-bond donors (Lipinski definition) is 0. The van der Waals surface area contributed by atoms with Gasteiger partial charge in [-0.05, 0) is 25.2 Å². The minimum absolute atomic E-state index is 0.739. The Labute approximate surface area is 130 Å². The fourth-order valence-corrected chi connectivity index (χ4v) is 3.58. The second-order valence-electron chi connectivity index (χ2n) is 5.37. The molecule has 0 radical (unpaired) electrons. The number of nitrogens with zero attached hydrogens (tertiary/aromatic N) is 3. The molecule has 1 fully saturated rings. The Balaban J connectivity index is 2.24. The molecule has 0 saturated carbocycles. The van der Waals surface area contributed by atoms with Crippen LogP contribution >= 0.6 is 11.8 Å². The molecule has 2 heterocycles. The third-order valence-corrected chi connectivity index (χ3v) is 4.74.